The summed E-state index contributed by atoms with van der Waals surface area (Å²) in [6.45, 7) is 1.97. The number of aliphatic carboxylic acids is 1. The third-order valence-electron chi connectivity index (χ3n) is 3.01. The highest BCUT2D eigenvalue weighted by Gasteiger charge is 2.27. The van der Waals surface area contributed by atoms with E-state index in [0.717, 1.165) is 11.1 Å². The molecule has 0 aliphatic carbocycles. The highest BCUT2D eigenvalue weighted by Crippen LogP contribution is 2.45. The molecule has 1 aromatic carbocycles. The summed E-state index contributed by atoms with van der Waals surface area (Å²) in [5.41, 5.74) is 7.72. The van der Waals surface area contributed by atoms with Crippen molar-refractivity contribution in [3.05, 3.63) is 35.4 Å². The Kier molecular flexibility index (Phi) is 5.73. The van der Waals surface area contributed by atoms with Crippen LogP contribution in [0.4, 0.5) is 0 Å². The topological polar surface area (TPSA) is 101 Å². The van der Waals surface area contributed by atoms with Crippen molar-refractivity contribution in [1.82, 2.24) is 0 Å². The molecule has 1 rings (SSSR count). The molecular weight excluding hydrogens is 265 g/mol. The highest BCUT2D eigenvalue weighted by atomic mass is 31.2. The summed E-state index contributed by atoms with van der Waals surface area (Å²) in [7, 11) is -3.50. The Morgan fingerprint density at radius 2 is 1.95 bits per heavy atom. The molecule has 0 heterocycles. The number of carboxylic acid groups (broad SMARTS) is 1. The van der Waals surface area contributed by atoms with Crippen LogP contribution in [0.3, 0.4) is 0 Å². The van der Waals surface area contributed by atoms with Gasteiger partial charge in [-0.05, 0) is 25.3 Å². The van der Waals surface area contributed by atoms with Crippen LogP contribution in [0, 0.1) is 6.92 Å². The monoisotopic (exact) mass is 285 g/mol. The fourth-order valence-corrected chi connectivity index (χ4v) is 3.13. The van der Waals surface area contributed by atoms with Crippen molar-refractivity contribution in [2.45, 2.75) is 32.0 Å². The summed E-state index contributed by atoms with van der Waals surface area (Å²) < 4.78 is 12.0. The van der Waals surface area contributed by atoms with Gasteiger partial charge in [0.2, 0.25) is 7.37 Å². The highest BCUT2D eigenvalue weighted by molar-refractivity contribution is 7.58. The molecular formula is C13H20NO4P. The fraction of sp³-hybridized carbons (Fsp3) is 0.462. The lowest BCUT2D eigenvalue weighted by Gasteiger charge is -2.18. The fourth-order valence-electron chi connectivity index (χ4n) is 1.68. The van der Waals surface area contributed by atoms with E-state index in [1.807, 2.05) is 31.2 Å². The minimum Gasteiger partial charge on any atom is -0.481 e. The first-order valence-corrected chi connectivity index (χ1v) is 8.07. The molecule has 5 nitrogen and oxygen atoms in total. The van der Waals surface area contributed by atoms with E-state index in [0.29, 0.717) is 6.42 Å². The van der Waals surface area contributed by atoms with Gasteiger partial charge in [0.25, 0.3) is 0 Å². The van der Waals surface area contributed by atoms with Gasteiger partial charge in [-0.25, -0.2) is 0 Å². The Labute approximate surface area is 112 Å². The Bertz CT molecular complexity index is 472. The second kappa shape index (κ2) is 6.85. The Morgan fingerprint density at radius 3 is 2.47 bits per heavy atom. The molecule has 0 aromatic heterocycles. The van der Waals surface area contributed by atoms with Crippen molar-refractivity contribution in [2.24, 2.45) is 5.73 Å². The van der Waals surface area contributed by atoms with Crippen LogP contribution in [0.1, 0.15) is 24.0 Å². The van der Waals surface area contributed by atoms with E-state index < -0.39 is 19.1 Å². The summed E-state index contributed by atoms with van der Waals surface area (Å²) in [6, 6.07) is 7.72. The first-order valence-electron chi connectivity index (χ1n) is 6.15. The number of hydrogen-bond donors (Lipinski definition) is 3. The maximum Gasteiger partial charge on any atom is 0.303 e. The average molecular weight is 285 g/mol. The van der Waals surface area contributed by atoms with Gasteiger partial charge in [-0.15, -0.1) is 0 Å². The Balaban J connectivity index is 2.52. The van der Waals surface area contributed by atoms with Crippen molar-refractivity contribution >= 4 is 13.3 Å². The number of carboxylic acids is 1. The number of rotatable bonds is 7. The van der Waals surface area contributed by atoms with E-state index in [9.17, 15) is 14.3 Å². The molecule has 2 unspecified atom stereocenters. The predicted molar refractivity (Wildman–Crippen MR) is 74.4 cm³/mol. The molecule has 0 amide bonds. The molecule has 0 saturated carbocycles. The van der Waals surface area contributed by atoms with Crippen molar-refractivity contribution < 1.29 is 19.4 Å². The van der Waals surface area contributed by atoms with Crippen molar-refractivity contribution in [1.29, 1.82) is 0 Å². The first kappa shape index (κ1) is 15.9. The van der Waals surface area contributed by atoms with E-state index >= 15 is 0 Å². The SMILES string of the molecule is Cc1ccc(CCP(=O)(O)C(N)CCC(=O)O)cc1. The predicted octanol–water partition coefficient (Wildman–Crippen LogP) is 1.96. The molecule has 1 aromatic rings. The van der Waals surface area contributed by atoms with Gasteiger partial charge < -0.3 is 15.7 Å². The molecule has 0 saturated heterocycles. The first-order chi connectivity index (χ1) is 8.81. The third kappa shape index (κ3) is 5.55. The van der Waals surface area contributed by atoms with E-state index in [2.05, 4.69) is 0 Å². The summed E-state index contributed by atoms with van der Waals surface area (Å²) in [4.78, 5) is 20.3. The van der Waals surface area contributed by atoms with Crippen LogP contribution >= 0.6 is 7.37 Å². The van der Waals surface area contributed by atoms with E-state index in [-0.39, 0.29) is 19.0 Å². The average Bonchev–Trinajstić information content (AvgIpc) is 2.35. The minimum atomic E-state index is -3.50. The quantitative estimate of drug-likeness (QED) is 0.665. The zero-order chi connectivity index (χ0) is 14.5. The lowest BCUT2D eigenvalue weighted by molar-refractivity contribution is -0.137. The van der Waals surface area contributed by atoms with Gasteiger partial charge >= 0.3 is 5.97 Å². The van der Waals surface area contributed by atoms with E-state index in [1.54, 1.807) is 0 Å². The van der Waals surface area contributed by atoms with Crippen LogP contribution in [-0.2, 0) is 15.8 Å². The molecule has 4 N–H and O–H groups in total. The van der Waals surface area contributed by atoms with Crippen molar-refractivity contribution in [3.8, 4) is 0 Å². The normalized spacial score (nSPS) is 15.7. The number of aryl methyl sites for hydroxylation is 2. The molecule has 0 radical (unpaired) electrons. The van der Waals surface area contributed by atoms with E-state index in [1.165, 1.54) is 0 Å². The largest absolute Gasteiger partial charge is 0.481 e. The van der Waals surface area contributed by atoms with Gasteiger partial charge in [0, 0.05) is 12.6 Å². The zero-order valence-electron chi connectivity index (χ0n) is 11.0. The van der Waals surface area contributed by atoms with Crippen LogP contribution in [-0.4, -0.2) is 27.9 Å². The van der Waals surface area contributed by atoms with Crippen LogP contribution in [0.2, 0.25) is 0 Å². The van der Waals surface area contributed by atoms with Crippen LogP contribution < -0.4 is 5.73 Å². The third-order valence-corrected chi connectivity index (χ3v) is 5.17. The number of carbonyl (C=O) groups is 1. The molecule has 0 fully saturated rings. The Hall–Kier alpha value is -1.16. The van der Waals surface area contributed by atoms with Crippen LogP contribution in [0.5, 0.6) is 0 Å². The second-order valence-corrected chi connectivity index (χ2v) is 7.34. The lowest BCUT2D eigenvalue weighted by atomic mass is 10.1. The smallest absolute Gasteiger partial charge is 0.303 e. The summed E-state index contributed by atoms with van der Waals surface area (Å²) in [5, 5.41) is 8.54. The van der Waals surface area contributed by atoms with Gasteiger partial charge in [-0.3, -0.25) is 9.36 Å². The van der Waals surface area contributed by atoms with Gasteiger partial charge in [0.05, 0.1) is 5.78 Å². The maximum atomic E-state index is 12.0. The van der Waals surface area contributed by atoms with Gasteiger partial charge in [0.15, 0.2) is 0 Å². The van der Waals surface area contributed by atoms with E-state index in [4.69, 9.17) is 10.8 Å². The van der Waals surface area contributed by atoms with Crippen LogP contribution in [0.25, 0.3) is 0 Å². The molecule has 0 aliphatic heterocycles. The molecule has 0 aliphatic rings. The molecule has 106 valence electrons. The van der Waals surface area contributed by atoms with Crippen LogP contribution in [0.15, 0.2) is 24.3 Å². The summed E-state index contributed by atoms with van der Waals surface area (Å²) in [6.07, 6.45) is 0.388. The zero-order valence-corrected chi connectivity index (χ0v) is 11.8. The number of benzene rings is 1. The maximum absolute atomic E-state index is 12.0. The minimum absolute atomic E-state index is 0.0248. The van der Waals surface area contributed by atoms with Crippen molar-refractivity contribution in [2.75, 3.05) is 6.16 Å². The number of nitrogens with two attached hydrogens (primary N) is 1. The Morgan fingerprint density at radius 1 is 1.37 bits per heavy atom. The van der Waals surface area contributed by atoms with Crippen molar-refractivity contribution in [3.63, 3.8) is 0 Å². The molecule has 2 atom stereocenters. The summed E-state index contributed by atoms with van der Waals surface area (Å²) in [5.74, 6) is -1.97. The lowest BCUT2D eigenvalue weighted by Crippen LogP contribution is -2.23. The standard InChI is InChI=1S/C13H20NO4P/c1-10-2-4-11(5-3-10)8-9-19(17,18)12(14)6-7-13(15)16/h2-5,12H,6-9,14H2,1H3,(H,15,16)(H,17,18). The molecule has 0 bridgehead atoms. The number of hydrogen-bond acceptors (Lipinski definition) is 3. The van der Waals surface area contributed by atoms with Gasteiger partial charge in [-0.2, -0.15) is 0 Å². The summed E-state index contributed by atoms with van der Waals surface area (Å²) >= 11 is 0. The van der Waals surface area contributed by atoms with Gasteiger partial charge in [0.1, 0.15) is 0 Å². The molecule has 6 heteroatoms. The second-order valence-electron chi connectivity index (χ2n) is 4.71. The molecule has 19 heavy (non-hydrogen) atoms. The molecule has 0 spiro atoms. The van der Waals surface area contributed by atoms with Gasteiger partial charge in [-0.1, -0.05) is 29.8 Å².